The number of methoxy groups -OCH3 is 1. The molecule has 0 bridgehead atoms. The number of imide groups is 1. The molecule has 1 saturated heterocycles. The lowest BCUT2D eigenvalue weighted by atomic mass is 10.2. The Balaban J connectivity index is 1.64. The van der Waals surface area contributed by atoms with Crippen molar-refractivity contribution >= 4 is 46.5 Å². The third kappa shape index (κ3) is 5.85. The van der Waals surface area contributed by atoms with Gasteiger partial charge in [0, 0.05) is 24.2 Å². The minimum atomic E-state index is -0.539. The van der Waals surface area contributed by atoms with Gasteiger partial charge in [0.05, 0.1) is 23.1 Å². The zero-order valence-corrected chi connectivity index (χ0v) is 19.8. The lowest BCUT2D eigenvalue weighted by molar-refractivity contribution is -0.122. The molecule has 0 aliphatic carbocycles. The molecule has 1 fully saturated rings. The van der Waals surface area contributed by atoms with Crippen molar-refractivity contribution in [3.63, 3.8) is 0 Å². The lowest BCUT2D eigenvalue weighted by Gasteiger charge is -2.17. The van der Waals surface area contributed by atoms with Gasteiger partial charge >= 0.3 is 0 Å². The van der Waals surface area contributed by atoms with Gasteiger partial charge in [-0.2, -0.15) is 0 Å². The minimum absolute atomic E-state index is 0.0219. The standard InChI is InChI=1S/C23H22ClFN2O5S/c1-13(2)32-20-16(24)10-15(11-18(20)31-3)21(28)26-8-9-27-22(29)19(33-23(27)30)12-14-6-4-5-7-17(14)25/h4-7,10-13H,8-9H2,1-3H3,(H,26,28)/b19-12-. The maximum atomic E-state index is 13.8. The Morgan fingerprint density at radius 2 is 2.00 bits per heavy atom. The van der Waals surface area contributed by atoms with Crippen LogP contribution < -0.4 is 14.8 Å². The van der Waals surface area contributed by atoms with E-state index in [-0.39, 0.29) is 40.2 Å². The minimum Gasteiger partial charge on any atom is -0.493 e. The molecule has 0 radical (unpaired) electrons. The predicted octanol–water partition coefficient (Wildman–Crippen LogP) is 4.74. The molecule has 0 saturated carbocycles. The lowest BCUT2D eigenvalue weighted by Crippen LogP contribution is -2.37. The molecule has 3 rings (SSSR count). The van der Waals surface area contributed by atoms with E-state index in [0.717, 1.165) is 16.7 Å². The molecule has 0 unspecified atom stereocenters. The van der Waals surface area contributed by atoms with Gasteiger partial charge in [0.2, 0.25) is 0 Å². The van der Waals surface area contributed by atoms with Crippen LogP contribution in [-0.4, -0.2) is 48.3 Å². The molecule has 3 amide bonds. The molecule has 2 aromatic carbocycles. The van der Waals surface area contributed by atoms with Crippen LogP contribution in [0.5, 0.6) is 11.5 Å². The van der Waals surface area contributed by atoms with Gasteiger partial charge in [0.15, 0.2) is 11.5 Å². The number of carbonyl (C=O) groups excluding carboxylic acids is 3. The Morgan fingerprint density at radius 1 is 1.27 bits per heavy atom. The average molecular weight is 493 g/mol. The summed E-state index contributed by atoms with van der Waals surface area (Å²) in [5, 5.41) is 2.38. The number of nitrogens with zero attached hydrogens (tertiary/aromatic N) is 1. The van der Waals surface area contributed by atoms with Crippen molar-refractivity contribution in [1.82, 2.24) is 10.2 Å². The smallest absolute Gasteiger partial charge is 0.293 e. The predicted molar refractivity (Wildman–Crippen MR) is 125 cm³/mol. The molecule has 33 heavy (non-hydrogen) atoms. The molecule has 10 heteroatoms. The van der Waals surface area contributed by atoms with E-state index in [2.05, 4.69) is 5.32 Å². The number of hydrogen-bond donors (Lipinski definition) is 1. The summed E-state index contributed by atoms with van der Waals surface area (Å²) in [6.45, 7) is 3.66. The Kier molecular flexibility index (Phi) is 7.99. The van der Waals surface area contributed by atoms with Crippen molar-refractivity contribution < 1.29 is 28.2 Å². The number of amides is 3. The van der Waals surface area contributed by atoms with E-state index in [4.69, 9.17) is 21.1 Å². The Labute approximate surface area is 199 Å². The fourth-order valence-electron chi connectivity index (χ4n) is 3.01. The highest BCUT2D eigenvalue weighted by Gasteiger charge is 2.34. The number of carbonyl (C=O) groups is 3. The van der Waals surface area contributed by atoms with Crippen LogP contribution in [0.3, 0.4) is 0 Å². The van der Waals surface area contributed by atoms with Crippen molar-refractivity contribution in [2.24, 2.45) is 0 Å². The normalized spacial score (nSPS) is 14.8. The molecular formula is C23H22ClFN2O5S. The summed E-state index contributed by atoms with van der Waals surface area (Å²) in [5.74, 6) is -0.839. The number of ether oxygens (including phenoxy) is 2. The highest BCUT2D eigenvalue weighted by atomic mass is 35.5. The highest BCUT2D eigenvalue weighted by Crippen LogP contribution is 2.37. The largest absolute Gasteiger partial charge is 0.493 e. The average Bonchev–Trinajstić information content (AvgIpc) is 3.03. The number of thioether (sulfide) groups is 1. The fraction of sp³-hybridized carbons (Fsp3) is 0.261. The van der Waals surface area contributed by atoms with Gasteiger partial charge in [-0.15, -0.1) is 0 Å². The first-order valence-electron chi connectivity index (χ1n) is 10.0. The SMILES string of the molecule is COc1cc(C(=O)NCCN2C(=O)S/C(=C\c3ccccc3F)C2=O)cc(Cl)c1OC(C)C. The summed E-state index contributed by atoms with van der Waals surface area (Å²) < 4.78 is 24.8. The molecule has 1 aliphatic heterocycles. The quantitative estimate of drug-likeness (QED) is 0.536. The topological polar surface area (TPSA) is 84.9 Å². The molecule has 0 atom stereocenters. The number of halogens is 2. The molecule has 1 aliphatic rings. The monoisotopic (exact) mass is 492 g/mol. The van der Waals surface area contributed by atoms with Crippen LogP contribution in [0, 0.1) is 5.82 Å². The van der Waals surface area contributed by atoms with Crippen molar-refractivity contribution in [3.05, 3.63) is 63.3 Å². The van der Waals surface area contributed by atoms with E-state index < -0.39 is 22.9 Å². The molecule has 1 N–H and O–H groups in total. The molecule has 0 spiro atoms. The summed E-state index contributed by atoms with van der Waals surface area (Å²) in [6.07, 6.45) is 1.20. The third-order valence-corrected chi connectivity index (χ3v) is 5.72. The molecule has 0 aromatic heterocycles. The highest BCUT2D eigenvalue weighted by molar-refractivity contribution is 8.18. The number of rotatable bonds is 8. The van der Waals surface area contributed by atoms with E-state index in [9.17, 15) is 18.8 Å². The summed E-state index contributed by atoms with van der Waals surface area (Å²) in [5.41, 5.74) is 0.452. The maximum Gasteiger partial charge on any atom is 0.293 e. The first kappa shape index (κ1) is 24.6. The van der Waals surface area contributed by atoms with Gasteiger partial charge in [-0.25, -0.2) is 4.39 Å². The zero-order chi connectivity index (χ0) is 24.1. The summed E-state index contributed by atoms with van der Waals surface area (Å²) in [4.78, 5) is 38.5. The third-order valence-electron chi connectivity index (χ3n) is 4.53. The van der Waals surface area contributed by atoms with Gasteiger partial charge in [0.1, 0.15) is 5.82 Å². The number of nitrogens with one attached hydrogen (secondary N) is 1. The first-order valence-corrected chi connectivity index (χ1v) is 11.2. The summed E-state index contributed by atoms with van der Waals surface area (Å²) in [6, 6.07) is 8.91. The second kappa shape index (κ2) is 10.7. The molecule has 7 nitrogen and oxygen atoms in total. The summed E-state index contributed by atoms with van der Waals surface area (Å²) in [7, 11) is 1.44. The van der Waals surface area contributed by atoms with E-state index in [1.807, 2.05) is 13.8 Å². The van der Waals surface area contributed by atoms with Crippen LogP contribution in [0.4, 0.5) is 9.18 Å². The van der Waals surface area contributed by atoms with Crippen LogP contribution in [0.15, 0.2) is 41.3 Å². The van der Waals surface area contributed by atoms with Crippen LogP contribution in [-0.2, 0) is 4.79 Å². The van der Waals surface area contributed by atoms with E-state index in [1.165, 1.54) is 43.5 Å². The first-order chi connectivity index (χ1) is 15.7. The second-order valence-corrected chi connectivity index (χ2v) is 8.67. The van der Waals surface area contributed by atoms with Crippen LogP contribution >= 0.6 is 23.4 Å². The fourth-order valence-corrected chi connectivity index (χ4v) is 4.12. The van der Waals surface area contributed by atoms with Crippen molar-refractivity contribution in [3.8, 4) is 11.5 Å². The zero-order valence-electron chi connectivity index (χ0n) is 18.2. The van der Waals surface area contributed by atoms with Gasteiger partial charge < -0.3 is 14.8 Å². The number of hydrogen-bond acceptors (Lipinski definition) is 6. The van der Waals surface area contributed by atoms with Gasteiger partial charge in [0.25, 0.3) is 17.1 Å². The maximum absolute atomic E-state index is 13.8. The van der Waals surface area contributed by atoms with E-state index in [0.29, 0.717) is 11.5 Å². The van der Waals surface area contributed by atoms with Gasteiger partial charge in [-0.05, 0) is 49.9 Å². The summed E-state index contributed by atoms with van der Waals surface area (Å²) >= 11 is 6.98. The molecule has 2 aromatic rings. The van der Waals surface area contributed by atoms with E-state index >= 15 is 0 Å². The van der Waals surface area contributed by atoms with Gasteiger partial charge in [-0.1, -0.05) is 29.8 Å². The molecule has 1 heterocycles. The van der Waals surface area contributed by atoms with Crippen LogP contribution in [0.25, 0.3) is 6.08 Å². The second-order valence-electron chi connectivity index (χ2n) is 7.27. The number of benzene rings is 2. The van der Waals surface area contributed by atoms with Crippen molar-refractivity contribution in [2.75, 3.05) is 20.2 Å². The van der Waals surface area contributed by atoms with Crippen LogP contribution in [0.1, 0.15) is 29.8 Å². The van der Waals surface area contributed by atoms with Crippen molar-refractivity contribution in [2.45, 2.75) is 20.0 Å². The van der Waals surface area contributed by atoms with Gasteiger partial charge in [-0.3, -0.25) is 19.3 Å². The Morgan fingerprint density at radius 3 is 2.67 bits per heavy atom. The van der Waals surface area contributed by atoms with Crippen LogP contribution in [0.2, 0.25) is 5.02 Å². The molecule has 174 valence electrons. The van der Waals surface area contributed by atoms with Crippen molar-refractivity contribution in [1.29, 1.82) is 0 Å². The Bertz CT molecular complexity index is 1120. The Hall–Kier alpha value is -3.04. The molecular weight excluding hydrogens is 471 g/mol. The van der Waals surface area contributed by atoms with E-state index in [1.54, 1.807) is 6.07 Å².